The molecule has 0 unspecified atom stereocenters. The molecule has 0 atom stereocenters. The van der Waals surface area contributed by atoms with E-state index in [1.807, 2.05) is 52.0 Å². The fourth-order valence-electron chi connectivity index (χ4n) is 1.98. The van der Waals surface area contributed by atoms with Crippen LogP contribution in [0.1, 0.15) is 32.4 Å². The molecule has 0 amide bonds. The molecule has 0 saturated carbocycles. The average Bonchev–Trinajstić information content (AvgIpc) is 2.70. The zero-order chi connectivity index (χ0) is 14.8. The van der Waals surface area contributed by atoms with Gasteiger partial charge in [-0.3, -0.25) is 0 Å². The first kappa shape index (κ1) is 14.6. The first-order chi connectivity index (χ1) is 9.39. The Hall–Kier alpha value is -1.81. The summed E-state index contributed by atoms with van der Waals surface area (Å²) in [6, 6.07) is 7.91. The number of nitrogens with two attached hydrogens (primary N) is 1. The van der Waals surface area contributed by atoms with Crippen LogP contribution in [0, 0.1) is 6.92 Å². The first-order valence-corrected chi connectivity index (χ1v) is 6.85. The predicted molar refractivity (Wildman–Crippen MR) is 79.8 cm³/mol. The largest absolute Gasteiger partial charge is 0.488 e. The number of rotatable bonds is 4. The molecule has 4 heteroatoms. The van der Waals surface area contributed by atoms with E-state index in [0.717, 1.165) is 22.8 Å². The smallest absolute Gasteiger partial charge is 0.196 e. The first-order valence-electron chi connectivity index (χ1n) is 6.85. The molecular weight excluding hydrogens is 252 g/mol. The number of nitrogens with zero attached hydrogens (tertiary/aromatic N) is 1. The summed E-state index contributed by atoms with van der Waals surface area (Å²) in [7, 11) is 0. The molecule has 20 heavy (non-hydrogen) atoms. The third-order valence-corrected chi connectivity index (χ3v) is 2.75. The number of hydrogen-bond acceptors (Lipinski definition) is 4. The Bertz CT molecular complexity index is 565. The molecule has 1 aromatic carbocycles. The summed E-state index contributed by atoms with van der Waals surface area (Å²) in [5, 5.41) is 0. The number of oxazole rings is 1. The number of ether oxygens (including phenoxy) is 1. The van der Waals surface area contributed by atoms with Crippen molar-refractivity contribution in [2.24, 2.45) is 5.73 Å². The summed E-state index contributed by atoms with van der Waals surface area (Å²) in [4.78, 5) is 4.49. The van der Waals surface area contributed by atoms with Gasteiger partial charge in [-0.25, -0.2) is 4.98 Å². The Kier molecular flexibility index (Phi) is 4.14. The summed E-state index contributed by atoms with van der Waals surface area (Å²) < 4.78 is 11.4. The van der Waals surface area contributed by atoms with Crippen molar-refractivity contribution in [3.8, 4) is 17.0 Å². The van der Waals surface area contributed by atoms with Crippen molar-refractivity contribution in [3.05, 3.63) is 35.9 Å². The topological polar surface area (TPSA) is 61.3 Å². The molecule has 0 bridgehead atoms. The molecule has 0 aliphatic rings. The molecule has 0 fully saturated rings. The van der Waals surface area contributed by atoms with Crippen molar-refractivity contribution in [1.29, 1.82) is 0 Å². The number of aryl methyl sites for hydroxylation is 1. The van der Waals surface area contributed by atoms with Gasteiger partial charge in [0.15, 0.2) is 5.89 Å². The maximum Gasteiger partial charge on any atom is 0.196 e. The predicted octanol–water partition coefficient (Wildman–Crippen LogP) is 3.33. The third-order valence-electron chi connectivity index (χ3n) is 2.75. The summed E-state index contributed by atoms with van der Waals surface area (Å²) in [6.45, 7) is 8.55. The standard InChI is InChI=1S/C16H22N2O2/c1-11-15(18-14(19-11)9-10-17)12-5-7-13(8-6-12)20-16(2,3)4/h5-8H,9-10,17H2,1-4H3. The van der Waals surface area contributed by atoms with Gasteiger partial charge in [-0.15, -0.1) is 0 Å². The fraction of sp³-hybridized carbons (Fsp3) is 0.438. The van der Waals surface area contributed by atoms with Crippen LogP contribution in [0.5, 0.6) is 5.75 Å². The highest BCUT2D eigenvalue weighted by molar-refractivity contribution is 5.62. The summed E-state index contributed by atoms with van der Waals surface area (Å²) in [5.74, 6) is 2.36. The van der Waals surface area contributed by atoms with Crippen LogP contribution in [0.25, 0.3) is 11.3 Å². The van der Waals surface area contributed by atoms with Gasteiger partial charge < -0.3 is 14.9 Å². The molecule has 108 valence electrons. The molecule has 0 spiro atoms. The van der Waals surface area contributed by atoms with E-state index in [1.54, 1.807) is 0 Å². The number of hydrogen-bond donors (Lipinski definition) is 1. The average molecular weight is 274 g/mol. The quantitative estimate of drug-likeness (QED) is 0.929. The van der Waals surface area contributed by atoms with Crippen molar-refractivity contribution in [3.63, 3.8) is 0 Å². The number of benzene rings is 1. The maximum atomic E-state index is 5.81. The second-order valence-corrected chi connectivity index (χ2v) is 5.79. The summed E-state index contributed by atoms with van der Waals surface area (Å²) in [6.07, 6.45) is 0.659. The van der Waals surface area contributed by atoms with Gasteiger partial charge in [0.2, 0.25) is 0 Å². The van der Waals surface area contributed by atoms with Crippen molar-refractivity contribution >= 4 is 0 Å². The van der Waals surface area contributed by atoms with Crippen LogP contribution >= 0.6 is 0 Å². The van der Waals surface area contributed by atoms with E-state index < -0.39 is 0 Å². The van der Waals surface area contributed by atoms with E-state index in [1.165, 1.54) is 0 Å². The van der Waals surface area contributed by atoms with Crippen LogP contribution < -0.4 is 10.5 Å². The van der Waals surface area contributed by atoms with Gasteiger partial charge in [0.25, 0.3) is 0 Å². The van der Waals surface area contributed by atoms with Gasteiger partial charge in [-0.05, 0) is 52.0 Å². The van der Waals surface area contributed by atoms with Crippen LogP contribution in [0.4, 0.5) is 0 Å². The molecule has 2 N–H and O–H groups in total. The molecule has 2 rings (SSSR count). The van der Waals surface area contributed by atoms with Crippen molar-refractivity contribution in [2.45, 2.75) is 39.7 Å². The molecule has 0 aliphatic carbocycles. The van der Waals surface area contributed by atoms with E-state index in [9.17, 15) is 0 Å². The van der Waals surface area contributed by atoms with E-state index in [4.69, 9.17) is 14.9 Å². The van der Waals surface area contributed by atoms with Crippen LogP contribution in [0.3, 0.4) is 0 Å². The van der Waals surface area contributed by atoms with E-state index >= 15 is 0 Å². The van der Waals surface area contributed by atoms with Crippen LogP contribution in [-0.4, -0.2) is 17.1 Å². The molecular formula is C16H22N2O2. The van der Waals surface area contributed by atoms with Gasteiger partial charge >= 0.3 is 0 Å². The minimum atomic E-state index is -0.195. The molecule has 4 nitrogen and oxygen atoms in total. The van der Waals surface area contributed by atoms with Gasteiger partial charge in [-0.1, -0.05) is 0 Å². The fourth-order valence-corrected chi connectivity index (χ4v) is 1.98. The van der Waals surface area contributed by atoms with Gasteiger partial charge in [0.1, 0.15) is 22.8 Å². The Morgan fingerprint density at radius 2 is 1.85 bits per heavy atom. The van der Waals surface area contributed by atoms with E-state index in [0.29, 0.717) is 18.9 Å². The monoisotopic (exact) mass is 274 g/mol. The zero-order valence-electron chi connectivity index (χ0n) is 12.6. The minimum Gasteiger partial charge on any atom is -0.488 e. The summed E-state index contributed by atoms with van der Waals surface area (Å²) in [5.41, 5.74) is 7.22. The molecule has 0 radical (unpaired) electrons. The Balaban J connectivity index is 2.21. The molecule has 1 aromatic heterocycles. The summed E-state index contributed by atoms with van der Waals surface area (Å²) >= 11 is 0. The highest BCUT2D eigenvalue weighted by atomic mass is 16.5. The zero-order valence-corrected chi connectivity index (χ0v) is 12.6. The Labute approximate surface area is 120 Å². The van der Waals surface area contributed by atoms with Gasteiger partial charge in [0.05, 0.1) is 0 Å². The minimum absolute atomic E-state index is 0.195. The lowest BCUT2D eigenvalue weighted by molar-refractivity contribution is 0.131. The third kappa shape index (κ3) is 3.61. The van der Waals surface area contributed by atoms with Crippen molar-refractivity contribution in [1.82, 2.24) is 4.98 Å². The number of aromatic nitrogens is 1. The van der Waals surface area contributed by atoms with Crippen LogP contribution in [0.15, 0.2) is 28.7 Å². The normalized spacial score (nSPS) is 11.7. The molecule has 2 aromatic rings. The highest BCUT2D eigenvalue weighted by Gasteiger charge is 2.14. The van der Waals surface area contributed by atoms with Crippen molar-refractivity contribution < 1.29 is 9.15 Å². The van der Waals surface area contributed by atoms with Crippen molar-refractivity contribution in [2.75, 3.05) is 6.54 Å². The molecule has 0 saturated heterocycles. The second-order valence-electron chi connectivity index (χ2n) is 5.79. The van der Waals surface area contributed by atoms with E-state index in [-0.39, 0.29) is 5.60 Å². The maximum absolute atomic E-state index is 5.81. The van der Waals surface area contributed by atoms with Crippen LogP contribution in [-0.2, 0) is 6.42 Å². The van der Waals surface area contributed by atoms with Crippen LogP contribution in [0.2, 0.25) is 0 Å². The van der Waals surface area contributed by atoms with Gasteiger partial charge in [0, 0.05) is 18.5 Å². The lowest BCUT2D eigenvalue weighted by Gasteiger charge is -2.21. The van der Waals surface area contributed by atoms with E-state index in [2.05, 4.69) is 4.98 Å². The lowest BCUT2D eigenvalue weighted by Crippen LogP contribution is -2.22. The SMILES string of the molecule is Cc1oc(CCN)nc1-c1ccc(OC(C)(C)C)cc1. The second kappa shape index (κ2) is 5.67. The highest BCUT2D eigenvalue weighted by Crippen LogP contribution is 2.26. The molecule has 1 heterocycles. The molecule has 0 aliphatic heterocycles. The Morgan fingerprint density at radius 1 is 1.20 bits per heavy atom. The Morgan fingerprint density at radius 3 is 2.40 bits per heavy atom. The lowest BCUT2D eigenvalue weighted by atomic mass is 10.1. The van der Waals surface area contributed by atoms with Gasteiger partial charge in [-0.2, -0.15) is 0 Å².